The Kier molecular flexibility index (Phi) is 4.60. The van der Waals surface area contributed by atoms with E-state index in [1.807, 2.05) is 0 Å². The first-order chi connectivity index (χ1) is 10.2. The first-order valence-corrected chi connectivity index (χ1v) is 7.73. The normalized spacial score (nSPS) is 19.8. The zero-order valence-corrected chi connectivity index (χ0v) is 12.3. The van der Waals surface area contributed by atoms with E-state index < -0.39 is 0 Å². The van der Waals surface area contributed by atoms with Gasteiger partial charge in [-0.05, 0) is 43.7 Å². The Morgan fingerprint density at radius 3 is 2.67 bits per heavy atom. The molecule has 1 heterocycles. The summed E-state index contributed by atoms with van der Waals surface area (Å²) >= 11 is 0. The zero-order valence-electron chi connectivity index (χ0n) is 12.3. The summed E-state index contributed by atoms with van der Waals surface area (Å²) in [6.07, 6.45) is 4.37. The van der Waals surface area contributed by atoms with Crippen molar-refractivity contribution in [2.45, 2.75) is 31.7 Å². The first-order valence-electron chi connectivity index (χ1n) is 7.73. The lowest BCUT2D eigenvalue weighted by molar-refractivity contribution is 0.0102. The molecule has 2 N–H and O–H groups in total. The van der Waals surface area contributed by atoms with Crippen LogP contribution < -0.4 is 15.4 Å². The summed E-state index contributed by atoms with van der Waals surface area (Å²) in [4.78, 5) is 2.14. The van der Waals surface area contributed by atoms with Crippen LogP contribution in [0.2, 0.25) is 0 Å². The van der Waals surface area contributed by atoms with E-state index in [2.05, 4.69) is 4.90 Å². The first kappa shape index (κ1) is 14.6. The average Bonchev–Trinajstić information content (AvgIpc) is 3.30. The Hall–Kier alpha value is -1.33. The molecule has 1 aliphatic heterocycles. The molecule has 4 nitrogen and oxygen atoms in total. The van der Waals surface area contributed by atoms with E-state index in [9.17, 15) is 4.39 Å². The molecular formula is C16H23FN2O2. The highest BCUT2D eigenvalue weighted by Crippen LogP contribution is 2.32. The average molecular weight is 294 g/mol. The monoisotopic (exact) mass is 294 g/mol. The van der Waals surface area contributed by atoms with Gasteiger partial charge in [0, 0.05) is 25.2 Å². The fourth-order valence-electron chi connectivity index (χ4n) is 2.60. The van der Waals surface area contributed by atoms with Gasteiger partial charge in [-0.15, -0.1) is 0 Å². The number of piperidine rings is 1. The van der Waals surface area contributed by atoms with Gasteiger partial charge in [0.1, 0.15) is 11.6 Å². The van der Waals surface area contributed by atoms with E-state index in [0.29, 0.717) is 11.7 Å². The maximum Gasteiger partial charge on any atom is 0.189 e. The Bertz CT molecular complexity index is 471. The molecule has 3 rings (SSSR count). The molecule has 0 spiro atoms. The molecule has 1 saturated carbocycles. The lowest BCUT2D eigenvalue weighted by Gasteiger charge is -2.33. The summed E-state index contributed by atoms with van der Waals surface area (Å²) in [5, 5.41) is 0. The molecule has 0 amide bonds. The molecule has 0 bridgehead atoms. The number of ether oxygens (including phenoxy) is 2. The number of hydrogen-bond acceptors (Lipinski definition) is 4. The molecule has 1 aromatic carbocycles. The van der Waals surface area contributed by atoms with E-state index in [0.717, 1.165) is 38.2 Å². The van der Waals surface area contributed by atoms with Crippen LogP contribution in [0.5, 0.6) is 5.75 Å². The van der Waals surface area contributed by atoms with Crippen molar-refractivity contribution in [2.24, 2.45) is 11.7 Å². The van der Waals surface area contributed by atoms with Crippen LogP contribution >= 0.6 is 0 Å². The second kappa shape index (κ2) is 6.62. The number of nitrogens with two attached hydrogens (primary N) is 1. The predicted molar refractivity (Wildman–Crippen MR) is 80.0 cm³/mol. The number of halogens is 1. The van der Waals surface area contributed by atoms with Crippen molar-refractivity contribution in [3.63, 3.8) is 0 Å². The van der Waals surface area contributed by atoms with Crippen LogP contribution in [0.1, 0.15) is 25.7 Å². The van der Waals surface area contributed by atoms with Crippen LogP contribution in [0.15, 0.2) is 18.2 Å². The Morgan fingerprint density at radius 1 is 1.19 bits per heavy atom. The van der Waals surface area contributed by atoms with Crippen molar-refractivity contribution in [1.29, 1.82) is 0 Å². The van der Waals surface area contributed by atoms with Crippen molar-refractivity contribution in [1.82, 2.24) is 0 Å². The summed E-state index contributed by atoms with van der Waals surface area (Å²) in [5.41, 5.74) is 6.73. The van der Waals surface area contributed by atoms with Crippen LogP contribution in [0.4, 0.5) is 10.1 Å². The largest absolute Gasteiger partial charge is 0.465 e. The highest BCUT2D eigenvalue weighted by Gasteiger charge is 2.22. The van der Waals surface area contributed by atoms with E-state index in [1.54, 1.807) is 6.07 Å². The van der Waals surface area contributed by atoms with Crippen LogP contribution in [-0.4, -0.2) is 32.5 Å². The van der Waals surface area contributed by atoms with Gasteiger partial charge in [-0.3, -0.25) is 0 Å². The number of anilines is 1. The van der Waals surface area contributed by atoms with Gasteiger partial charge in [-0.25, -0.2) is 4.39 Å². The molecule has 0 radical (unpaired) electrons. The third-order valence-electron chi connectivity index (χ3n) is 4.15. The van der Waals surface area contributed by atoms with Gasteiger partial charge < -0.3 is 20.1 Å². The number of hydrogen-bond donors (Lipinski definition) is 1. The highest BCUT2D eigenvalue weighted by molar-refractivity contribution is 5.59. The summed E-state index contributed by atoms with van der Waals surface area (Å²) < 4.78 is 24.7. The number of benzene rings is 1. The van der Waals surface area contributed by atoms with Gasteiger partial charge >= 0.3 is 0 Å². The van der Waals surface area contributed by atoms with E-state index in [4.69, 9.17) is 15.2 Å². The third-order valence-corrected chi connectivity index (χ3v) is 4.15. The lowest BCUT2D eigenvalue weighted by atomic mass is 10.1. The van der Waals surface area contributed by atoms with Crippen LogP contribution in [0.25, 0.3) is 0 Å². The van der Waals surface area contributed by atoms with Gasteiger partial charge in [0.15, 0.2) is 6.79 Å². The Morgan fingerprint density at radius 2 is 1.95 bits per heavy atom. The molecule has 0 atom stereocenters. The minimum Gasteiger partial charge on any atom is -0.465 e. The van der Waals surface area contributed by atoms with Gasteiger partial charge in [0.05, 0.1) is 12.3 Å². The van der Waals surface area contributed by atoms with Crippen LogP contribution in [0, 0.1) is 11.7 Å². The molecular weight excluding hydrogens is 271 g/mol. The summed E-state index contributed by atoms with van der Waals surface area (Å²) in [5.74, 6) is 1.15. The van der Waals surface area contributed by atoms with E-state index in [-0.39, 0.29) is 18.7 Å². The van der Waals surface area contributed by atoms with Gasteiger partial charge in [-0.1, -0.05) is 0 Å². The third kappa shape index (κ3) is 4.08. The molecule has 21 heavy (non-hydrogen) atoms. The van der Waals surface area contributed by atoms with Crippen molar-refractivity contribution < 1.29 is 13.9 Å². The summed E-state index contributed by atoms with van der Waals surface area (Å²) in [6.45, 7) is 2.66. The number of rotatable bonds is 6. The van der Waals surface area contributed by atoms with Crippen LogP contribution in [0.3, 0.4) is 0 Å². The molecule has 116 valence electrons. The van der Waals surface area contributed by atoms with Crippen molar-refractivity contribution in [3.8, 4) is 5.75 Å². The minimum absolute atomic E-state index is 0.225. The van der Waals surface area contributed by atoms with Crippen molar-refractivity contribution in [2.75, 3.05) is 31.4 Å². The fourth-order valence-corrected chi connectivity index (χ4v) is 2.60. The molecule has 2 fully saturated rings. The molecule has 1 aliphatic carbocycles. The van der Waals surface area contributed by atoms with Gasteiger partial charge in [0.2, 0.25) is 0 Å². The quantitative estimate of drug-likeness (QED) is 0.647. The van der Waals surface area contributed by atoms with E-state index in [1.165, 1.54) is 25.0 Å². The molecule has 0 aromatic heterocycles. The molecule has 1 aromatic rings. The molecule has 0 unspecified atom stereocenters. The van der Waals surface area contributed by atoms with Crippen LogP contribution in [-0.2, 0) is 4.74 Å². The molecule has 5 heteroatoms. The number of nitrogens with zero attached hydrogens (tertiary/aromatic N) is 1. The van der Waals surface area contributed by atoms with Crippen molar-refractivity contribution in [3.05, 3.63) is 24.0 Å². The Labute approximate surface area is 125 Å². The highest BCUT2D eigenvalue weighted by atomic mass is 19.1. The van der Waals surface area contributed by atoms with E-state index >= 15 is 0 Å². The minimum atomic E-state index is -0.244. The SMILES string of the molecule is NC1CCN(c2cc(F)ccc2OCOCC2CC2)CC1. The molecule has 2 aliphatic rings. The maximum atomic E-state index is 13.5. The topological polar surface area (TPSA) is 47.7 Å². The predicted octanol–water partition coefficient (Wildman–Crippen LogP) is 2.52. The van der Waals surface area contributed by atoms with Gasteiger partial charge in [0.25, 0.3) is 0 Å². The molecule has 1 saturated heterocycles. The van der Waals surface area contributed by atoms with Gasteiger partial charge in [-0.2, -0.15) is 0 Å². The summed E-state index contributed by atoms with van der Waals surface area (Å²) in [7, 11) is 0. The van der Waals surface area contributed by atoms with Crippen molar-refractivity contribution >= 4 is 5.69 Å². The summed E-state index contributed by atoms with van der Waals surface area (Å²) in [6, 6.07) is 4.89. The lowest BCUT2D eigenvalue weighted by Crippen LogP contribution is -2.39. The fraction of sp³-hybridized carbons (Fsp3) is 0.625. The standard InChI is InChI=1S/C16H23FN2O2/c17-13-3-4-16(21-11-20-10-12-1-2-12)15(9-13)19-7-5-14(18)6-8-19/h3-4,9,12,14H,1-2,5-8,10-11,18H2. The second-order valence-electron chi connectivity index (χ2n) is 6.01. The maximum absolute atomic E-state index is 13.5. The zero-order chi connectivity index (χ0) is 14.7. The second-order valence-corrected chi connectivity index (χ2v) is 6.01. The Balaban J connectivity index is 1.61. The smallest absolute Gasteiger partial charge is 0.189 e.